The Labute approximate surface area is 360 Å². The number of hydrogen-bond acceptors (Lipinski definition) is 3. The van der Waals surface area contributed by atoms with Crippen molar-refractivity contribution < 1.29 is 4.42 Å². The van der Waals surface area contributed by atoms with Gasteiger partial charge in [0.25, 0.3) is 0 Å². The van der Waals surface area contributed by atoms with Gasteiger partial charge in [-0.25, -0.2) is 9.97 Å². The number of benzene rings is 9. The highest BCUT2D eigenvalue weighted by atomic mass is 16.3. The molecule has 2 aromatic heterocycles. The summed E-state index contributed by atoms with van der Waals surface area (Å²) in [7, 11) is 0. The molecule has 3 nitrogen and oxygen atoms in total. The van der Waals surface area contributed by atoms with E-state index in [0.717, 1.165) is 72.3 Å². The molecule has 62 heavy (non-hydrogen) atoms. The van der Waals surface area contributed by atoms with Crippen molar-refractivity contribution in [3.8, 4) is 67.3 Å². The summed E-state index contributed by atoms with van der Waals surface area (Å²) < 4.78 is 6.41. The third-order valence-corrected chi connectivity index (χ3v) is 12.6. The second-order valence-corrected chi connectivity index (χ2v) is 16.1. The maximum Gasteiger partial charge on any atom is 0.160 e. The molecule has 0 saturated carbocycles. The highest BCUT2D eigenvalue weighted by Gasteiger charge is 2.46. The molecule has 3 heteroatoms. The predicted molar refractivity (Wildman–Crippen MR) is 254 cm³/mol. The van der Waals surface area contributed by atoms with Crippen LogP contribution >= 0.6 is 0 Å². The van der Waals surface area contributed by atoms with Crippen LogP contribution in [0.15, 0.2) is 235 Å². The first-order valence-corrected chi connectivity index (χ1v) is 21.1. The Hall–Kier alpha value is -8.14. The highest BCUT2D eigenvalue weighted by Crippen LogP contribution is 2.56. The fourth-order valence-electron chi connectivity index (χ4n) is 9.74. The zero-order valence-corrected chi connectivity index (χ0v) is 33.7. The Morgan fingerprint density at radius 1 is 0.323 bits per heavy atom. The fraction of sp³-hybridized carbons (Fsp3) is 0.0169. The third kappa shape index (κ3) is 5.74. The van der Waals surface area contributed by atoms with Gasteiger partial charge in [-0.1, -0.05) is 206 Å². The van der Waals surface area contributed by atoms with Crippen LogP contribution in [0.25, 0.3) is 89.2 Å². The molecule has 0 N–H and O–H groups in total. The average molecular weight is 791 g/mol. The summed E-state index contributed by atoms with van der Waals surface area (Å²) in [6, 6.07) is 82.2. The number of fused-ring (bicyclic) bond motifs is 6. The lowest BCUT2D eigenvalue weighted by Crippen LogP contribution is -2.28. The minimum absolute atomic E-state index is 0.506. The van der Waals surface area contributed by atoms with Crippen LogP contribution in [-0.4, -0.2) is 9.97 Å². The largest absolute Gasteiger partial charge is 0.455 e. The van der Waals surface area contributed by atoms with E-state index in [2.05, 4.69) is 200 Å². The molecule has 0 radical (unpaired) electrons. The predicted octanol–water partition coefficient (Wildman–Crippen LogP) is 15.1. The lowest BCUT2D eigenvalue weighted by molar-refractivity contribution is 0.670. The molecule has 0 saturated heterocycles. The fourth-order valence-corrected chi connectivity index (χ4v) is 9.74. The normalized spacial score (nSPS) is 12.6. The standard InChI is InChI=1S/C59H38N2O/c1-4-16-41(17-5-1)58-60-54(40-32-30-39(31-33-40)42-18-14-19-43(36-42)47-26-15-27-51-50-25-11-13-29-56(50)62-57(47)51)38-55(61-58)44-34-35-49-48-24-10-12-28-52(48)59(53(49)37-44,45-20-6-2-7-21-45)46-22-8-3-9-23-46/h1-38H. The summed E-state index contributed by atoms with van der Waals surface area (Å²) in [5, 5.41) is 2.26. The minimum atomic E-state index is -0.506. The topological polar surface area (TPSA) is 38.9 Å². The maximum absolute atomic E-state index is 6.41. The summed E-state index contributed by atoms with van der Waals surface area (Å²) in [4.78, 5) is 10.5. The Bertz CT molecular complexity index is 3400. The summed E-state index contributed by atoms with van der Waals surface area (Å²) in [5.74, 6) is 0.691. The van der Waals surface area contributed by atoms with Gasteiger partial charge in [0, 0.05) is 33.0 Å². The van der Waals surface area contributed by atoms with E-state index < -0.39 is 5.41 Å². The number of aromatic nitrogens is 2. The molecule has 11 aromatic rings. The van der Waals surface area contributed by atoms with Crippen molar-refractivity contribution in [2.75, 3.05) is 0 Å². The van der Waals surface area contributed by atoms with Crippen LogP contribution in [0.5, 0.6) is 0 Å². The minimum Gasteiger partial charge on any atom is -0.455 e. The molecule has 290 valence electrons. The van der Waals surface area contributed by atoms with Crippen LogP contribution < -0.4 is 0 Å². The second kappa shape index (κ2) is 14.5. The smallest absolute Gasteiger partial charge is 0.160 e. The molecule has 0 amide bonds. The Kier molecular flexibility index (Phi) is 8.39. The number of hydrogen-bond donors (Lipinski definition) is 0. The molecule has 12 rings (SSSR count). The average Bonchev–Trinajstić information content (AvgIpc) is 3.89. The van der Waals surface area contributed by atoms with Gasteiger partial charge in [0.05, 0.1) is 16.8 Å². The van der Waals surface area contributed by atoms with Gasteiger partial charge in [-0.2, -0.15) is 0 Å². The third-order valence-electron chi connectivity index (χ3n) is 12.6. The summed E-state index contributed by atoms with van der Waals surface area (Å²) in [5.41, 5.74) is 18.0. The Morgan fingerprint density at radius 3 is 1.65 bits per heavy atom. The summed E-state index contributed by atoms with van der Waals surface area (Å²) >= 11 is 0. The van der Waals surface area contributed by atoms with Crippen molar-refractivity contribution in [3.63, 3.8) is 0 Å². The molecule has 0 atom stereocenters. The van der Waals surface area contributed by atoms with Crippen molar-refractivity contribution in [1.29, 1.82) is 0 Å². The van der Waals surface area contributed by atoms with Crippen molar-refractivity contribution in [1.82, 2.24) is 9.97 Å². The van der Waals surface area contributed by atoms with Gasteiger partial charge < -0.3 is 4.42 Å². The van der Waals surface area contributed by atoms with Crippen LogP contribution in [-0.2, 0) is 5.41 Å². The van der Waals surface area contributed by atoms with E-state index in [-0.39, 0.29) is 0 Å². The van der Waals surface area contributed by atoms with Crippen molar-refractivity contribution in [3.05, 3.63) is 253 Å². The molecule has 9 aromatic carbocycles. The van der Waals surface area contributed by atoms with Gasteiger partial charge in [0.15, 0.2) is 5.82 Å². The lowest BCUT2D eigenvalue weighted by atomic mass is 9.67. The number of rotatable bonds is 7. The molecule has 1 aliphatic rings. The van der Waals surface area contributed by atoms with E-state index in [1.165, 1.54) is 33.4 Å². The van der Waals surface area contributed by atoms with E-state index in [1.54, 1.807) is 0 Å². The molecule has 0 bridgehead atoms. The Balaban J connectivity index is 0.968. The van der Waals surface area contributed by atoms with E-state index in [0.29, 0.717) is 5.82 Å². The van der Waals surface area contributed by atoms with Crippen LogP contribution in [0.1, 0.15) is 22.3 Å². The summed E-state index contributed by atoms with van der Waals surface area (Å²) in [6.07, 6.45) is 0. The van der Waals surface area contributed by atoms with Crippen LogP contribution in [0.3, 0.4) is 0 Å². The Morgan fingerprint density at radius 2 is 0.871 bits per heavy atom. The molecular weight excluding hydrogens is 753 g/mol. The van der Waals surface area contributed by atoms with Gasteiger partial charge >= 0.3 is 0 Å². The first-order chi connectivity index (χ1) is 30.7. The van der Waals surface area contributed by atoms with Gasteiger partial charge in [0.2, 0.25) is 0 Å². The molecule has 0 unspecified atom stereocenters. The molecular formula is C59H38N2O. The maximum atomic E-state index is 6.41. The zero-order chi connectivity index (χ0) is 41.0. The van der Waals surface area contributed by atoms with E-state index in [4.69, 9.17) is 14.4 Å². The quantitative estimate of drug-likeness (QED) is 0.161. The molecule has 0 aliphatic heterocycles. The van der Waals surface area contributed by atoms with Crippen molar-refractivity contribution >= 4 is 21.9 Å². The first kappa shape index (κ1) is 35.8. The number of nitrogens with zero attached hydrogens (tertiary/aromatic N) is 2. The second-order valence-electron chi connectivity index (χ2n) is 16.1. The van der Waals surface area contributed by atoms with E-state index in [9.17, 15) is 0 Å². The van der Waals surface area contributed by atoms with Gasteiger partial charge in [-0.05, 0) is 74.3 Å². The zero-order valence-electron chi connectivity index (χ0n) is 33.7. The number of para-hydroxylation sites is 2. The molecule has 1 aliphatic carbocycles. The molecule has 0 fully saturated rings. The lowest BCUT2D eigenvalue weighted by Gasteiger charge is -2.34. The van der Waals surface area contributed by atoms with Crippen molar-refractivity contribution in [2.24, 2.45) is 0 Å². The molecule has 0 spiro atoms. The van der Waals surface area contributed by atoms with Gasteiger partial charge in [-0.15, -0.1) is 0 Å². The van der Waals surface area contributed by atoms with E-state index >= 15 is 0 Å². The highest BCUT2D eigenvalue weighted by molar-refractivity contribution is 6.09. The summed E-state index contributed by atoms with van der Waals surface area (Å²) in [6.45, 7) is 0. The van der Waals surface area contributed by atoms with Crippen LogP contribution in [0.4, 0.5) is 0 Å². The monoisotopic (exact) mass is 790 g/mol. The van der Waals surface area contributed by atoms with Crippen LogP contribution in [0.2, 0.25) is 0 Å². The first-order valence-electron chi connectivity index (χ1n) is 21.1. The SMILES string of the molecule is c1ccc(-c2nc(-c3ccc(-c4cccc(-c5cccc6c5oc5ccccc56)c4)cc3)cc(-c3ccc4c(c3)C(c3ccccc3)(c3ccccc3)c3ccccc3-4)n2)cc1. The van der Waals surface area contributed by atoms with E-state index in [1.807, 2.05) is 30.3 Å². The molecule has 2 heterocycles. The van der Waals surface area contributed by atoms with Gasteiger partial charge in [-0.3, -0.25) is 0 Å². The van der Waals surface area contributed by atoms with Gasteiger partial charge in [0.1, 0.15) is 11.2 Å². The van der Waals surface area contributed by atoms with Crippen molar-refractivity contribution in [2.45, 2.75) is 5.41 Å². The van der Waals surface area contributed by atoms with Crippen LogP contribution in [0, 0.1) is 0 Å². The number of furan rings is 1.